The molecule has 0 radical (unpaired) electrons. The topological polar surface area (TPSA) is 41.0 Å². The third kappa shape index (κ3) is 3.04. The van der Waals surface area contributed by atoms with Gasteiger partial charge in [-0.2, -0.15) is 0 Å². The molecule has 1 fully saturated rings. The largest absolute Gasteiger partial charge is 0.365 e. The minimum atomic E-state index is 0.470. The number of likely N-dealkylation sites (N-methyl/N-ethyl adjacent to an activating group) is 1. The zero-order valence-electron chi connectivity index (χ0n) is 10.9. The van der Waals surface area contributed by atoms with E-state index in [1.807, 2.05) is 24.4 Å². The Morgan fingerprint density at radius 1 is 1.37 bits per heavy atom. The van der Waals surface area contributed by atoms with Gasteiger partial charge in [-0.15, -0.1) is 0 Å². The van der Waals surface area contributed by atoms with E-state index in [2.05, 4.69) is 43.2 Å². The Kier molecular flexibility index (Phi) is 3.66. The number of benzene rings is 1. The summed E-state index contributed by atoms with van der Waals surface area (Å²) in [6.45, 7) is 2.26. The van der Waals surface area contributed by atoms with E-state index in [-0.39, 0.29) is 0 Å². The van der Waals surface area contributed by atoms with Crippen molar-refractivity contribution in [3.63, 3.8) is 0 Å². The summed E-state index contributed by atoms with van der Waals surface area (Å²) >= 11 is 3.47. The highest BCUT2D eigenvalue weighted by Gasteiger charge is 2.17. The standard InChI is InChI=1S/C14H17BrN4/c1-19-6-2-3-11(9-19)17-14-8-16-12-5-4-10(15)7-13(12)18-14/h4-5,7-8,11H,2-3,6,9H2,1H3,(H,17,18). The molecular weight excluding hydrogens is 304 g/mol. The average molecular weight is 321 g/mol. The molecule has 1 aromatic heterocycles. The molecule has 2 heterocycles. The van der Waals surface area contributed by atoms with E-state index in [1.165, 1.54) is 19.4 Å². The third-order valence-electron chi connectivity index (χ3n) is 3.48. The van der Waals surface area contributed by atoms with Gasteiger partial charge in [-0.25, -0.2) is 4.98 Å². The third-order valence-corrected chi connectivity index (χ3v) is 3.97. The molecule has 1 saturated heterocycles. The van der Waals surface area contributed by atoms with E-state index in [0.717, 1.165) is 27.9 Å². The van der Waals surface area contributed by atoms with Crippen molar-refractivity contribution in [2.24, 2.45) is 0 Å². The number of nitrogens with one attached hydrogen (secondary N) is 1. The van der Waals surface area contributed by atoms with E-state index >= 15 is 0 Å². The molecule has 1 N–H and O–H groups in total. The molecule has 1 aliphatic rings. The van der Waals surface area contributed by atoms with Gasteiger partial charge in [0.2, 0.25) is 0 Å². The van der Waals surface area contributed by atoms with Crippen LogP contribution >= 0.6 is 15.9 Å². The summed E-state index contributed by atoms with van der Waals surface area (Å²) in [4.78, 5) is 11.4. The normalized spacial score (nSPS) is 20.6. The lowest BCUT2D eigenvalue weighted by atomic mass is 10.1. The van der Waals surface area contributed by atoms with Crippen molar-refractivity contribution in [2.75, 3.05) is 25.5 Å². The van der Waals surface area contributed by atoms with Gasteiger partial charge in [-0.05, 0) is 44.6 Å². The summed E-state index contributed by atoms with van der Waals surface area (Å²) in [5.74, 6) is 0.867. The number of fused-ring (bicyclic) bond motifs is 1. The number of piperidine rings is 1. The van der Waals surface area contributed by atoms with E-state index in [4.69, 9.17) is 0 Å². The van der Waals surface area contributed by atoms with Crippen LogP contribution < -0.4 is 5.32 Å². The van der Waals surface area contributed by atoms with Crippen molar-refractivity contribution < 1.29 is 0 Å². The second-order valence-corrected chi connectivity index (χ2v) is 6.05. The highest BCUT2D eigenvalue weighted by molar-refractivity contribution is 9.10. The predicted molar refractivity (Wildman–Crippen MR) is 81.4 cm³/mol. The first-order valence-corrected chi connectivity index (χ1v) is 7.37. The first kappa shape index (κ1) is 12.8. The van der Waals surface area contributed by atoms with Gasteiger partial charge < -0.3 is 10.2 Å². The summed E-state index contributed by atoms with van der Waals surface area (Å²) in [5, 5.41) is 3.49. The molecule has 0 spiro atoms. The first-order valence-electron chi connectivity index (χ1n) is 6.58. The van der Waals surface area contributed by atoms with Gasteiger partial charge in [0, 0.05) is 17.1 Å². The maximum absolute atomic E-state index is 4.63. The molecule has 100 valence electrons. The van der Waals surface area contributed by atoms with E-state index in [1.54, 1.807) is 0 Å². The molecule has 3 rings (SSSR count). The fraction of sp³-hybridized carbons (Fsp3) is 0.429. The van der Waals surface area contributed by atoms with Crippen LogP contribution in [0.5, 0.6) is 0 Å². The molecule has 1 unspecified atom stereocenters. The molecule has 0 saturated carbocycles. The lowest BCUT2D eigenvalue weighted by Gasteiger charge is -2.30. The summed E-state index contributed by atoms with van der Waals surface area (Å²) in [6, 6.07) is 6.43. The Balaban J connectivity index is 1.80. The van der Waals surface area contributed by atoms with Crippen LogP contribution in [0, 0.1) is 0 Å². The average Bonchev–Trinajstić information content (AvgIpc) is 2.38. The van der Waals surface area contributed by atoms with Crippen molar-refractivity contribution in [3.8, 4) is 0 Å². The number of hydrogen-bond acceptors (Lipinski definition) is 4. The Hall–Kier alpha value is -1.20. The van der Waals surface area contributed by atoms with Gasteiger partial charge in [0.15, 0.2) is 0 Å². The van der Waals surface area contributed by atoms with Crippen LogP contribution in [0.2, 0.25) is 0 Å². The molecule has 1 aromatic carbocycles. The fourth-order valence-electron chi connectivity index (χ4n) is 2.55. The summed E-state index contributed by atoms with van der Waals surface area (Å²) < 4.78 is 1.03. The van der Waals surface area contributed by atoms with Crippen LogP contribution in [0.25, 0.3) is 11.0 Å². The number of hydrogen-bond donors (Lipinski definition) is 1. The second-order valence-electron chi connectivity index (χ2n) is 5.13. The van der Waals surface area contributed by atoms with Gasteiger partial charge in [0.05, 0.1) is 17.2 Å². The summed E-state index contributed by atoms with van der Waals surface area (Å²) in [6.07, 6.45) is 4.26. The second kappa shape index (κ2) is 5.43. The van der Waals surface area contributed by atoms with Gasteiger partial charge >= 0.3 is 0 Å². The van der Waals surface area contributed by atoms with E-state index < -0.39 is 0 Å². The number of halogens is 1. The number of anilines is 1. The zero-order chi connectivity index (χ0) is 13.2. The van der Waals surface area contributed by atoms with Gasteiger partial charge in [0.25, 0.3) is 0 Å². The molecule has 0 bridgehead atoms. The smallest absolute Gasteiger partial charge is 0.145 e. The molecule has 0 amide bonds. The molecule has 2 aromatic rings. The Labute approximate surface area is 121 Å². The maximum atomic E-state index is 4.63. The molecule has 0 aliphatic carbocycles. The highest BCUT2D eigenvalue weighted by atomic mass is 79.9. The number of rotatable bonds is 2. The summed E-state index contributed by atoms with van der Waals surface area (Å²) in [7, 11) is 2.16. The van der Waals surface area contributed by atoms with Crippen molar-refractivity contribution in [1.82, 2.24) is 14.9 Å². The van der Waals surface area contributed by atoms with Crippen molar-refractivity contribution >= 4 is 32.8 Å². The lowest BCUT2D eigenvalue weighted by molar-refractivity contribution is 0.261. The van der Waals surface area contributed by atoms with Crippen LogP contribution in [0.4, 0.5) is 5.82 Å². The Bertz CT molecular complexity index is 587. The molecule has 1 aliphatic heterocycles. The quantitative estimate of drug-likeness (QED) is 0.923. The number of nitrogens with zero attached hydrogens (tertiary/aromatic N) is 3. The molecular formula is C14H17BrN4. The molecule has 4 nitrogen and oxygen atoms in total. The Morgan fingerprint density at radius 3 is 3.11 bits per heavy atom. The van der Waals surface area contributed by atoms with E-state index in [9.17, 15) is 0 Å². The van der Waals surface area contributed by atoms with Crippen molar-refractivity contribution in [2.45, 2.75) is 18.9 Å². The monoisotopic (exact) mass is 320 g/mol. The van der Waals surface area contributed by atoms with E-state index in [0.29, 0.717) is 6.04 Å². The Morgan fingerprint density at radius 2 is 2.26 bits per heavy atom. The van der Waals surface area contributed by atoms with Crippen LogP contribution in [0.15, 0.2) is 28.9 Å². The van der Waals surface area contributed by atoms with Crippen molar-refractivity contribution in [1.29, 1.82) is 0 Å². The SMILES string of the molecule is CN1CCCC(Nc2cnc3ccc(Br)cc3n2)C1. The van der Waals surface area contributed by atoms with Crippen molar-refractivity contribution in [3.05, 3.63) is 28.9 Å². The molecule has 5 heteroatoms. The first-order chi connectivity index (χ1) is 9.20. The highest BCUT2D eigenvalue weighted by Crippen LogP contribution is 2.19. The minimum Gasteiger partial charge on any atom is -0.365 e. The molecule has 19 heavy (non-hydrogen) atoms. The van der Waals surface area contributed by atoms with Gasteiger partial charge in [-0.3, -0.25) is 4.98 Å². The fourth-order valence-corrected chi connectivity index (χ4v) is 2.90. The van der Waals surface area contributed by atoms with Crippen LogP contribution in [-0.2, 0) is 0 Å². The number of aromatic nitrogens is 2. The minimum absolute atomic E-state index is 0.470. The predicted octanol–water partition coefficient (Wildman–Crippen LogP) is 2.90. The molecule has 1 atom stereocenters. The summed E-state index contributed by atoms with van der Waals surface area (Å²) in [5.41, 5.74) is 1.85. The van der Waals surface area contributed by atoms with Crippen LogP contribution in [-0.4, -0.2) is 41.0 Å². The number of likely N-dealkylation sites (tertiary alicyclic amines) is 1. The van der Waals surface area contributed by atoms with Gasteiger partial charge in [-0.1, -0.05) is 15.9 Å². The van der Waals surface area contributed by atoms with Crippen LogP contribution in [0.1, 0.15) is 12.8 Å². The lowest BCUT2D eigenvalue weighted by Crippen LogP contribution is -2.39. The van der Waals surface area contributed by atoms with Crippen LogP contribution in [0.3, 0.4) is 0 Å². The maximum Gasteiger partial charge on any atom is 0.145 e. The zero-order valence-corrected chi connectivity index (χ0v) is 12.5. The van der Waals surface area contributed by atoms with Gasteiger partial charge in [0.1, 0.15) is 5.82 Å².